The van der Waals surface area contributed by atoms with Crippen molar-refractivity contribution in [2.24, 2.45) is 0 Å². The molecule has 1 aliphatic rings. The molecule has 3 nitrogen and oxygen atoms in total. The van der Waals surface area contributed by atoms with Gasteiger partial charge in [0.05, 0.1) is 27.6 Å². The highest BCUT2D eigenvalue weighted by Crippen LogP contribution is 2.38. The van der Waals surface area contributed by atoms with E-state index in [-0.39, 0.29) is 11.9 Å². The quantitative estimate of drug-likeness (QED) is 0.534. The summed E-state index contributed by atoms with van der Waals surface area (Å²) in [5.74, 6) is 0.528. The van der Waals surface area contributed by atoms with Gasteiger partial charge < -0.3 is 5.32 Å². The van der Waals surface area contributed by atoms with Gasteiger partial charge in [0.1, 0.15) is 5.82 Å². The molecule has 122 valence electrons. The van der Waals surface area contributed by atoms with Gasteiger partial charge in [-0.25, -0.2) is 9.37 Å². The Labute approximate surface area is 148 Å². The molecule has 0 saturated heterocycles. The molecule has 2 aromatic carbocycles. The van der Waals surface area contributed by atoms with Crippen LogP contribution in [0.25, 0.3) is 16.7 Å². The summed E-state index contributed by atoms with van der Waals surface area (Å²) in [7, 11) is 0. The van der Waals surface area contributed by atoms with Crippen molar-refractivity contribution < 1.29 is 4.39 Å². The minimum absolute atomic E-state index is 0.208. The number of fused-ring (bicyclic) bond motifs is 3. The Morgan fingerprint density at radius 1 is 1.00 bits per heavy atom. The van der Waals surface area contributed by atoms with Crippen molar-refractivity contribution in [1.82, 2.24) is 9.55 Å². The predicted molar refractivity (Wildman–Crippen MR) is 100 cm³/mol. The molecule has 0 amide bonds. The van der Waals surface area contributed by atoms with Crippen LogP contribution in [-0.4, -0.2) is 9.55 Å². The van der Waals surface area contributed by atoms with Crippen LogP contribution in [0.3, 0.4) is 0 Å². The minimum atomic E-state index is -0.248. The van der Waals surface area contributed by atoms with Crippen molar-refractivity contribution in [1.29, 1.82) is 0 Å². The zero-order chi connectivity index (χ0) is 16.8. The molecular weight excluding hydrogens is 333 g/mol. The molecule has 1 N–H and O–H groups in total. The number of halogens is 1. The third kappa shape index (κ3) is 2.27. The van der Waals surface area contributed by atoms with E-state index in [1.54, 1.807) is 17.4 Å². The minimum Gasteiger partial charge on any atom is -0.324 e. The van der Waals surface area contributed by atoms with Crippen molar-refractivity contribution in [2.45, 2.75) is 6.04 Å². The molecule has 25 heavy (non-hydrogen) atoms. The SMILES string of the molecule is Fc1ccccc1C1C=C(c2cccs2)Nc2nc3ccccc3n21. The molecule has 5 heteroatoms. The number of nitrogens with zero attached hydrogens (tertiary/aromatic N) is 2. The van der Waals surface area contributed by atoms with E-state index >= 15 is 0 Å². The fraction of sp³-hybridized carbons (Fsp3) is 0.0500. The Kier molecular flexibility index (Phi) is 3.21. The molecule has 0 aliphatic carbocycles. The Bertz CT molecular complexity index is 1100. The zero-order valence-electron chi connectivity index (χ0n) is 13.2. The van der Waals surface area contributed by atoms with Crippen LogP contribution >= 0.6 is 11.3 Å². The van der Waals surface area contributed by atoms with Gasteiger partial charge in [-0.15, -0.1) is 11.3 Å². The third-order valence-corrected chi connectivity index (χ3v) is 5.36. The van der Waals surface area contributed by atoms with Crippen molar-refractivity contribution in [3.63, 3.8) is 0 Å². The van der Waals surface area contributed by atoms with E-state index in [0.717, 1.165) is 27.6 Å². The van der Waals surface area contributed by atoms with Gasteiger partial charge in [0.15, 0.2) is 0 Å². The van der Waals surface area contributed by atoms with Crippen LogP contribution in [-0.2, 0) is 0 Å². The molecule has 1 unspecified atom stereocenters. The van der Waals surface area contributed by atoms with E-state index in [2.05, 4.69) is 22.0 Å². The van der Waals surface area contributed by atoms with Crippen LogP contribution in [0.15, 0.2) is 72.1 Å². The van der Waals surface area contributed by atoms with Crippen LogP contribution < -0.4 is 5.32 Å². The lowest BCUT2D eigenvalue weighted by atomic mass is 10.0. The molecule has 0 saturated carbocycles. The first-order valence-corrected chi connectivity index (χ1v) is 8.93. The lowest BCUT2D eigenvalue weighted by molar-refractivity contribution is 0.583. The van der Waals surface area contributed by atoms with E-state index in [4.69, 9.17) is 4.98 Å². The summed E-state index contributed by atoms with van der Waals surface area (Å²) >= 11 is 1.65. The van der Waals surface area contributed by atoms with Crippen molar-refractivity contribution >= 4 is 34.0 Å². The number of benzene rings is 2. The number of nitrogens with one attached hydrogen (secondary N) is 1. The van der Waals surface area contributed by atoms with E-state index < -0.39 is 0 Å². The smallest absolute Gasteiger partial charge is 0.209 e. The topological polar surface area (TPSA) is 29.9 Å². The first kappa shape index (κ1) is 14.4. The first-order valence-electron chi connectivity index (χ1n) is 8.05. The summed E-state index contributed by atoms with van der Waals surface area (Å²) in [5.41, 5.74) is 3.49. The van der Waals surface area contributed by atoms with Crippen molar-refractivity contribution in [3.05, 3.63) is 88.4 Å². The Balaban J connectivity index is 1.77. The van der Waals surface area contributed by atoms with E-state index in [1.807, 2.05) is 47.8 Å². The number of anilines is 1. The van der Waals surface area contributed by atoms with Crippen LogP contribution in [0.5, 0.6) is 0 Å². The predicted octanol–water partition coefficient (Wildman–Crippen LogP) is 5.29. The molecule has 1 atom stereocenters. The molecule has 0 bridgehead atoms. The molecule has 2 aromatic heterocycles. The second-order valence-electron chi connectivity index (χ2n) is 5.94. The average molecular weight is 347 g/mol. The fourth-order valence-corrected chi connectivity index (χ4v) is 4.04. The van der Waals surface area contributed by atoms with Crippen LogP contribution in [0.2, 0.25) is 0 Å². The second kappa shape index (κ2) is 5.57. The number of thiophene rings is 1. The van der Waals surface area contributed by atoms with E-state index in [0.29, 0.717) is 5.56 Å². The van der Waals surface area contributed by atoms with Crippen LogP contribution in [0, 0.1) is 5.82 Å². The maximum atomic E-state index is 14.6. The fourth-order valence-electron chi connectivity index (χ4n) is 3.33. The Morgan fingerprint density at radius 3 is 2.68 bits per heavy atom. The van der Waals surface area contributed by atoms with Gasteiger partial charge in [-0.1, -0.05) is 36.4 Å². The summed E-state index contributed by atoms with van der Waals surface area (Å²) in [6, 6.07) is 18.7. The molecular formula is C20H14FN3S. The Hall–Kier alpha value is -2.92. The van der Waals surface area contributed by atoms with E-state index in [1.165, 1.54) is 6.07 Å². The maximum Gasteiger partial charge on any atom is 0.209 e. The van der Waals surface area contributed by atoms with Gasteiger partial charge in [0.25, 0.3) is 0 Å². The number of aromatic nitrogens is 2. The van der Waals surface area contributed by atoms with Crippen molar-refractivity contribution in [2.75, 3.05) is 5.32 Å². The number of hydrogen-bond acceptors (Lipinski definition) is 3. The van der Waals surface area contributed by atoms with Gasteiger partial charge in [0.2, 0.25) is 5.95 Å². The van der Waals surface area contributed by atoms with E-state index in [9.17, 15) is 4.39 Å². The summed E-state index contributed by atoms with van der Waals surface area (Å²) in [5, 5.41) is 5.44. The largest absolute Gasteiger partial charge is 0.324 e. The van der Waals surface area contributed by atoms with Crippen LogP contribution in [0.1, 0.15) is 16.5 Å². The molecule has 5 rings (SSSR count). The molecule has 3 heterocycles. The highest BCUT2D eigenvalue weighted by molar-refractivity contribution is 7.11. The van der Waals surface area contributed by atoms with Gasteiger partial charge in [-0.3, -0.25) is 4.57 Å². The second-order valence-corrected chi connectivity index (χ2v) is 6.89. The monoisotopic (exact) mass is 347 g/mol. The molecule has 0 spiro atoms. The maximum absolute atomic E-state index is 14.6. The normalized spacial score (nSPS) is 16.4. The number of rotatable bonds is 2. The molecule has 0 fully saturated rings. The first-order chi connectivity index (χ1) is 12.3. The van der Waals surface area contributed by atoms with Gasteiger partial charge in [-0.05, 0) is 35.7 Å². The summed E-state index contributed by atoms with van der Waals surface area (Å²) < 4.78 is 16.6. The Morgan fingerprint density at radius 2 is 1.84 bits per heavy atom. The molecule has 1 aliphatic heterocycles. The number of para-hydroxylation sites is 2. The third-order valence-electron chi connectivity index (χ3n) is 4.46. The average Bonchev–Trinajstić information content (AvgIpc) is 3.29. The number of hydrogen-bond donors (Lipinski definition) is 1. The van der Waals surface area contributed by atoms with Crippen molar-refractivity contribution in [3.8, 4) is 0 Å². The van der Waals surface area contributed by atoms with Gasteiger partial charge in [0, 0.05) is 5.56 Å². The summed E-state index contributed by atoms with van der Waals surface area (Å²) in [6.07, 6.45) is 2.07. The standard InChI is InChI=1S/C20H14FN3S/c21-14-7-2-1-6-13(14)18-12-16(19-10-5-11-25-19)23-20-22-15-8-3-4-9-17(15)24(18)20/h1-12,18H,(H,22,23). The zero-order valence-corrected chi connectivity index (χ0v) is 14.0. The molecule has 0 radical (unpaired) electrons. The lowest BCUT2D eigenvalue weighted by Gasteiger charge is -2.26. The number of imidazole rings is 1. The molecule has 4 aromatic rings. The highest BCUT2D eigenvalue weighted by atomic mass is 32.1. The van der Waals surface area contributed by atoms with Gasteiger partial charge >= 0.3 is 0 Å². The van der Waals surface area contributed by atoms with Gasteiger partial charge in [-0.2, -0.15) is 0 Å². The highest BCUT2D eigenvalue weighted by Gasteiger charge is 2.27. The number of allylic oxidation sites excluding steroid dienone is 1. The van der Waals surface area contributed by atoms with Crippen LogP contribution in [0.4, 0.5) is 10.3 Å². The summed E-state index contributed by atoms with van der Waals surface area (Å²) in [6.45, 7) is 0. The summed E-state index contributed by atoms with van der Waals surface area (Å²) in [4.78, 5) is 5.82. The lowest BCUT2D eigenvalue weighted by Crippen LogP contribution is -2.19.